The number of H-pyrrole nitrogens is 1. The number of guanidine groups is 1. The number of aromatic nitrogens is 4. The number of anilines is 2. The second kappa shape index (κ2) is 16.4. The summed E-state index contributed by atoms with van der Waals surface area (Å²) in [6.45, 7) is 3.94. The van der Waals surface area contributed by atoms with Gasteiger partial charge in [-0.05, 0) is 50.5 Å². The van der Waals surface area contributed by atoms with Crippen LogP contribution in [0, 0.1) is 5.92 Å². The second-order valence-corrected chi connectivity index (χ2v) is 10.5. The Labute approximate surface area is 259 Å². The molecule has 2 atom stereocenters. The van der Waals surface area contributed by atoms with Crippen molar-refractivity contribution in [1.82, 2.24) is 30.6 Å². The van der Waals surface area contributed by atoms with Crippen LogP contribution in [0.5, 0.6) is 0 Å². The molecule has 0 aliphatic heterocycles. The third-order valence-corrected chi connectivity index (χ3v) is 6.76. The van der Waals surface area contributed by atoms with Crippen LogP contribution in [0.2, 0.25) is 0 Å². The van der Waals surface area contributed by atoms with Gasteiger partial charge in [0.05, 0.1) is 24.5 Å². The normalized spacial score (nSPS) is 12.1. The fraction of sp³-hybridized carbons (Fsp3) is 0.414. The number of aliphatic imine (C=N–C) groups is 1. The maximum absolute atomic E-state index is 12.5. The summed E-state index contributed by atoms with van der Waals surface area (Å²) in [5.74, 6) is -1.64. The number of Topliss-reactive ketones (excluding diaryl/α,β-unsaturated/α-hetero) is 2. The van der Waals surface area contributed by atoms with Crippen LogP contribution in [0.15, 0.2) is 40.2 Å². The third-order valence-electron chi connectivity index (χ3n) is 6.76. The Balaban J connectivity index is 1.36. The molecule has 45 heavy (non-hydrogen) atoms. The molecule has 10 N–H and O–H groups in total. The highest BCUT2D eigenvalue weighted by atomic mass is 16.2. The molecule has 16 nitrogen and oxygen atoms in total. The molecule has 3 rings (SSSR count). The van der Waals surface area contributed by atoms with Crippen molar-refractivity contribution in [2.75, 3.05) is 24.1 Å². The number of benzene rings is 1. The third kappa shape index (κ3) is 11.0. The van der Waals surface area contributed by atoms with Crippen LogP contribution in [0.3, 0.4) is 0 Å². The molecule has 3 aromatic rings. The lowest BCUT2D eigenvalue weighted by Gasteiger charge is -2.18. The predicted molar refractivity (Wildman–Crippen MR) is 169 cm³/mol. The van der Waals surface area contributed by atoms with E-state index in [0.717, 1.165) is 5.69 Å². The highest BCUT2D eigenvalue weighted by molar-refractivity contribution is 5.94. The summed E-state index contributed by atoms with van der Waals surface area (Å²) in [6, 6.07) is 6.10. The number of ketones is 2. The first kappa shape index (κ1) is 34.1. The summed E-state index contributed by atoms with van der Waals surface area (Å²) in [5, 5.41) is 8.64. The van der Waals surface area contributed by atoms with E-state index in [9.17, 15) is 24.0 Å². The number of rotatable bonds is 17. The molecule has 2 heterocycles. The quantitative estimate of drug-likeness (QED) is 0.0603. The Morgan fingerprint density at radius 1 is 1.07 bits per heavy atom. The Bertz CT molecular complexity index is 1600. The summed E-state index contributed by atoms with van der Waals surface area (Å²) in [6.07, 6.45) is 3.03. The Morgan fingerprint density at radius 3 is 2.49 bits per heavy atom. The number of amides is 2. The standard InChI is InChI=1S/C29H39N11O5/c1-16(25(43)38-22(17(2)41)6-4-12-34-28(30)31)13-21(42)5-3-11-33-26(44)18-7-9-19(10-8-18)35-14-20-15-36-24-23(37-20)27(45)40-29(32)39-24/h7-10,15-16,22,35H,3-6,11-14H2,1-2H3,(H,33,44)(H,38,43)(H4,30,31,34)(H3,32,36,39,40,45)/t16-,22+/m1/s1. The minimum atomic E-state index is -0.672. The summed E-state index contributed by atoms with van der Waals surface area (Å²) < 4.78 is 0. The van der Waals surface area contributed by atoms with Crippen LogP contribution < -0.4 is 38.7 Å². The van der Waals surface area contributed by atoms with Gasteiger partial charge in [-0.15, -0.1) is 0 Å². The lowest BCUT2D eigenvalue weighted by Crippen LogP contribution is -2.42. The lowest BCUT2D eigenvalue weighted by molar-refractivity contribution is -0.131. The molecule has 0 spiro atoms. The molecule has 0 fully saturated rings. The summed E-state index contributed by atoms with van der Waals surface area (Å²) in [7, 11) is 0. The fourth-order valence-corrected chi connectivity index (χ4v) is 4.31. The molecule has 0 saturated carbocycles. The van der Waals surface area contributed by atoms with Gasteiger partial charge in [0, 0.05) is 43.1 Å². The molecule has 240 valence electrons. The van der Waals surface area contributed by atoms with Gasteiger partial charge in [0.15, 0.2) is 22.9 Å². The smallest absolute Gasteiger partial charge is 0.280 e. The predicted octanol–water partition coefficient (Wildman–Crippen LogP) is 0.140. The Kier molecular flexibility index (Phi) is 12.5. The number of aromatic amines is 1. The van der Waals surface area contributed by atoms with E-state index in [1.807, 2.05) is 0 Å². The Hall–Kier alpha value is -5.41. The maximum atomic E-state index is 12.5. The van der Waals surface area contributed by atoms with Gasteiger partial charge in [-0.3, -0.25) is 33.9 Å². The van der Waals surface area contributed by atoms with Gasteiger partial charge in [-0.25, -0.2) is 9.97 Å². The SMILES string of the molecule is CC(=O)[C@H](CCCN=C(N)N)NC(=O)[C@H](C)CC(=O)CCCNC(=O)c1ccc(NCc2cnc3nc(N)[nH]c(=O)c3n2)cc1. The van der Waals surface area contributed by atoms with E-state index in [1.54, 1.807) is 31.2 Å². The van der Waals surface area contributed by atoms with Crippen LogP contribution in [-0.4, -0.2) is 68.4 Å². The zero-order valence-corrected chi connectivity index (χ0v) is 25.3. The number of carbonyl (C=O) groups excluding carboxylic acids is 4. The summed E-state index contributed by atoms with van der Waals surface area (Å²) >= 11 is 0. The second-order valence-electron chi connectivity index (χ2n) is 10.5. The molecule has 0 radical (unpaired) electrons. The van der Waals surface area contributed by atoms with Crippen molar-refractivity contribution in [2.45, 2.75) is 58.5 Å². The van der Waals surface area contributed by atoms with Gasteiger partial charge in [-0.1, -0.05) is 6.92 Å². The fourth-order valence-electron chi connectivity index (χ4n) is 4.31. The van der Waals surface area contributed by atoms with Gasteiger partial charge >= 0.3 is 0 Å². The zero-order valence-electron chi connectivity index (χ0n) is 25.3. The molecule has 0 aliphatic carbocycles. The summed E-state index contributed by atoms with van der Waals surface area (Å²) in [5.41, 5.74) is 17.6. The van der Waals surface area contributed by atoms with E-state index in [-0.39, 0.29) is 72.4 Å². The first-order chi connectivity index (χ1) is 21.4. The number of hydrogen-bond acceptors (Lipinski definition) is 11. The number of carbonyl (C=O) groups is 4. The molecule has 2 amide bonds. The number of fused-ring (bicyclic) bond motifs is 1. The maximum Gasteiger partial charge on any atom is 0.280 e. The van der Waals surface area contributed by atoms with E-state index in [4.69, 9.17) is 17.2 Å². The average molecular weight is 622 g/mol. The van der Waals surface area contributed by atoms with Crippen LogP contribution >= 0.6 is 0 Å². The van der Waals surface area contributed by atoms with Crippen molar-refractivity contribution in [3.05, 3.63) is 52.1 Å². The molecule has 0 unspecified atom stereocenters. The largest absolute Gasteiger partial charge is 0.379 e. The molecule has 2 aromatic heterocycles. The Morgan fingerprint density at radius 2 is 1.80 bits per heavy atom. The number of nitrogens with two attached hydrogens (primary N) is 3. The van der Waals surface area contributed by atoms with Gasteiger partial charge in [0.2, 0.25) is 11.9 Å². The van der Waals surface area contributed by atoms with Crippen molar-refractivity contribution in [3.63, 3.8) is 0 Å². The summed E-state index contributed by atoms with van der Waals surface area (Å²) in [4.78, 5) is 80.0. The molecule has 1 aromatic carbocycles. The molecule has 0 aliphatic rings. The minimum absolute atomic E-state index is 0.0275. The van der Waals surface area contributed by atoms with Gasteiger partial charge in [0.25, 0.3) is 11.5 Å². The van der Waals surface area contributed by atoms with Crippen LogP contribution in [0.1, 0.15) is 62.0 Å². The molecular weight excluding hydrogens is 582 g/mol. The minimum Gasteiger partial charge on any atom is -0.379 e. The van der Waals surface area contributed by atoms with Gasteiger partial charge < -0.3 is 33.2 Å². The lowest BCUT2D eigenvalue weighted by atomic mass is 9.99. The van der Waals surface area contributed by atoms with Crippen molar-refractivity contribution in [2.24, 2.45) is 22.4 Å². The van der Waals surface area contributed by atoms with Crippen LogP contribution in [0.25, 0.3) is 11.2 Å². The van der Waals surface area contributed by atoms with Crippen molar-refractivity contribution in [3.8, 4) is 0 Å². The van der Waals surface area contributed by atoms with Gasteiger partial charge in [-0.2, -0.15) is 4.98 Å². The number of nitrogens with zero attached hydrogens (tertiary/aromatic N) is 4. The van der Waals surface area contributed by atoms with E-state index in [1.165, 1.54) is 13.1 Å². The van der Waals surface area contributed by atoms with Gasteiger partial charge in [0.1, 0.15) is 5.78 Å². The van der Waals surface area contributed by atoms with E-state index < -0.39 is 17.5 Å². The zero-order chi connectivity index (χ0) is 32.9. The van der Waals surface area contributed by atoms with Crippen LogP contribution in [0.4, 0.5) is 11.6 Å². The average Bonchev–Trinajstić information content (AvgIpc) is 2.99. The first-order valence-electron chi connectivity index (χ1n) is 14.4. The molecule has 0 bridgehead atoms. The first-order valence-corrected chi connectivity index (χ1v) is 14.4. The highest BCUT2D eigenvalue weighted by Gasteiger charge is 2.22. The molecule has 0 saturated heterocycles. The van der Waals surface area contributed by atoms with Crippen molar-refractivity contribution in [1.29, 1.82) is 0 Å². The van der Waals surface area contributed by atoms with Crippen molar-refractivity contribution < 1.29 is 19.2 Å². The topological polar surface area (TPSA) is 266 Å². The van der Waals surface area contributed by atoms with Crippen molar-refractivity contribution >= 4 is 52.1 Å². The number of nitrogens with one attached hydrogen (secondary N) is 4. The highest BCUT2D eigenvalue weighted by Crippen LogP contribution is 2.12. The molecule has 16 heteroatoms. The van der Waals surface area contributed by atoms with E-state index >= 15 is 0 Å². The number of hydrogen-bond donors (Lipinski definition) is 7. The monoisotopic (exact) mass is 621 g/mol. The van der Waals surface area contributed by atoms with Crippen LogP contribution in [-0.2, 0) is 20.9 Å². The number of nitrogen functional groups attached to an aromatic ring is 1. The molecular formula is C29H39N11O5. The van der Waals surface area contributed by atoms with E-state index in [0.29, 0.717) is 37.1 Å². The van der Waals surface area contributed by atoms with E-state index in [2.05, 4.69) is 40.9 Å².